The number of carbonyl (C=O) groups excluding carboxylic acids is 2. The van der Waals surface area contributed by atoms with Gasteiger partial charge in [0, 0.05) is 18.7 Å². The van der Waals surface area contributed by atoms with Crippen LogP contribution in [-0.2, 0) is 16.0 Å². The summed E-state index contributed by atoms with van der Waals surface area (Å²) in [4.78, 5) is 25.9. The Bertz CT molecular complexity index is 798. The van der Waals surface area contributed by atoms with Crippen LogP contribution in [-0.4, -0.2) is 28.6 Å². The van der Waals surface area contributed by atoms with Crippen LogP contribution in [0.5, 0.6) is 0 Å². The predicted molar refractivity (Wildman–Crippen MR) is 89.8 cm³/mol. The van der Waals surface area contributed by atoms with Crippen molar-refractivity contribution in [3.63, 3.8) is 0 Å². The Labute approximate surface area is 146 Å². The van der Waals surface area contributed by atoms with Crippen LogP contribution in [0.4, 0.5) is 15.2 Å². The highest BCUT2D eigenvalue weighted by Crippen LogP contribution is 2.29. The minimum Gasteiger partial charge on any atom is -0.312 e. The SMILES string of the molecule is CCc1nnc(NC(=O)[C@@H]2CC(=O)N(c3ccc(F)c(Cl)c3)C2)s1. The molecule has 9 heteroatoms. The topological polar surface area (TPSA) is 75.2 Å². The molecule has 0 aliphatic carbocycles. The number of benzene rings is 1. The van der Waals surface area contributed by atoms with Crippen molar-refractivity contribution in [2.75, 3.05) is 16.8 Å². The zero-order valence-electron chi connectivity index (χ0n) is 12.8. The smallest absolute Gasteiger partial charge is 0.231 e. The van der Waals surface area contributed by atoms with Gasteiger partial charge in [0.05, 0.1) is 10.9 Å². The van der Waals surface area contributed by atoms with Crippen LogP contribution in [0, 0.1) is 11.7 Å². The molecule has 6 nitrogen and oxygen atoms in total. The maximum absolute atomic E-state index is 13.2. The fraction of sp³-hybridized carbons (Fsp3) is 0.333. The zero-order chi connectivity index (χ0) is 17.3. The monoisotopic (exact) mass is 368 g/mol. The first-order chi connectivity index (χ1) is 11.5. The number of halogens is 2. The van der Waals surface area contributed by atoms with E-state index in [0.717, 1.165) is 11.4 Å². The zero-order valence-corrected chi connectivity index (χ0v) is 14.3. The van der Waals surface area contributed by atoms with Gasteiger partial charge in [-0.3, -0.25) is 9.59 Å². The minimum absolute atomic E-state index is 0.0610. The fourth-order valence-corrected chi connectivity index (χ4v) is 3.30. The third-order valence-corrected chi connectivity index (χ3v) is 4.98. The molecule has 1 saturated heterocycles. The van der Waals surface area contributed by atoms with Crippen molar-refractivity contribution in [2.24, 2.45) is 5.92 Å². The summed E-state index contributed by atoms with van der Waals surface area (Å²) >= 11 is 7.07. The van der Waals surface area contributed by atoms with E-state index in [2.05, 4.69) is 15.5 Å². The summed E-state index contributed by atoms with van der Waals surface area (Å²) < 4.78 is 13.2. The lowest BCUT2D eigenvalue weighted by molar-refractivity contribution is -0.122. The number of nitrogens with one attached hydrogen (secondary N) is 1. The Balaban J connectivity index is 1.69. The van der Waals surface area contributed by atoms with E-state index in [4.69, 9.17) is 11.6 Å². The lowest BCUT2D eigenvalue weighted by Gasteiger charge is -2.17. The van der Waals surface area contributed by atoms with Gasteiger partial charge in [-0.2, -0.15) is 0 Å². The van der Waals surface area contributed by atoms with Gasteiger partial charge in [0.1, 0.15) is 10.8 Å². The first-order valence-electron chi connectivity index (χ1n) is 7.36. The second-order valence-electron chi connectivity index (χ2n) is 5.35. The predicted octanol–water partition coefficient (Wildman–Crippen LogP) is 2.88. The number of hydrogen-bond acceptors (Lipinski definition) is 5. The summed E-state index contributed by atoms with van der Waals surface area (Å²) in [5.74, 6) is -1.54. The first kappa shape index (κ1) is 16.8. The number of hydrogen-bond donors (Lipinski definition) is 1. The molecule has 1 atom stereocenters. The molecule has 0 radical (unpaired) electrons. The third-order valence-electron chi connectivity index (χ3n) is 3.71. The number of anilines is 2. The van der Waals surface area contributed by atoms with Gasteiger partial charge >= 0.3 is 0 Å². The van der Waals surface area contributed by atoms with Gasteiger partial charge in [0.2, 0.25) is 16.9 Å². The molecule has 126 valence electrons. The van der Waals surface area contributed by atoms with Crippen LogP contribution in [0.3, 0.4) is 0 Å². The summed E-state index contributed by atoms with van der Waals surface area (Å²) in [5.41, 5.74) is 0.478. The standard InChI is InChI=1S/C15H14ClFN4O2S/c1-2-12-19-20-15(24-12)18-14(23)8-5-13(22)21(7-8)9-3-4-11(17)10(16)6-9/h3-4,6,8H,2,5,7H2,1H3,(H,18,20,23)/t8-/m1/s1. The number of rotatable bonds is 4. The Hall–Kier alpha value is -2.06. The van der Waals surface area contributed by atoms with E-state index >= 15 is 0 Å². The van der Waals surface area contributed by atoms with E-state index in [1.54, 1.807) is 0 Å². The second kappa shape index (κ2) is 6.82. The molecule has 1 aliphatic heterocycles. The van der Waals surface area contributed by atoms with Crippen molar-refractivity contribution in [1.29, 1.82) is 0 Å². The van der Waals surface area contributed by atoms with Gasteiger partial charge in [-0.05, 0) is 24.6 Å². The maximum atomic E-state index is 13.2. The third kappa shape index (κ3) is 3.39. The van der Waals surface area contributed by atoms with Gasteiger partial charge < -0.3 is 10.2 Å². The molecule has 0 bridgehead atoms. The summed E-state index contributed by atoms with van der Waals surface area (Å²) in [6, 6.07) is 4.05. The summed E-state index contributed by atoms with van der Waals surface area (Å²) in [6.07, 6.45) is 0.828. The molecule has 1 aromatic heterocycles. The van der Waals surface area contributed by atoms with Crippen molar-refractivity contribution < 1.29 is 14.0 Å². The normalized spacial score (nSPS) is 17.4. The average Bonchev–Trinajstić information content (AvgIpc) is 3.16. The summed E-state index contributed by atoms with van der Waals surface area (Å²) in [6.45, 7) is 2.17. The van der Waals surface area contributed by atoms with Gasteiger partial charge in [-0.15, -0.1) is 10.2 Å². The number of amides is 2. The van der Waals surface area contributed by atoms with Gasteiger partial charge in [0.25, 0.3) is 0 Å². The van der Waals surface area contributed by atoms with Crippen LogP contribution in [0.15, 0.2) is 18.2 Å². The molecule has 1 N–H and O–H groups in total. The lowest BCUT2D eigenvalue weighted by Crippen LogP contribution is -2.28. The van der Waals surface area contributed by atoms with E-state index in [0.29, 0.717) is 10.8 Å². The van der Waals surface area contributed by atoms with Crippen LogP contribution in [0.2, 0.25) is 5.02 Å². The van der Waals surface area contributed by atoms with E-state index in [1.807, 2.05) is 6.92 Å². The molecule has 2 heterocycles. The largest absolute Gasteiger partial charge is 0.312 e. The van der Waals surface area contributed by atoms with Crippen molar-refractivity contribution in [2.45, 2.75) is 19.8 Å². The molecule has 0 spiro atoms. The molecule has 24 heavy (non-hydrogen) atoms. The lowest BCUT2D eigenvalue weighted by atomic mass is 10.1. The van der Waals surface area contributed by atoms with Crippen LogP contribution < -0.4 is 10.2 Å². The maximum Gasteiger partial charge on any atom is 0.231 e. The van der Waals surface area contributed by atoms with E-state index < -0.39 is 11.7 Å². The fourth-order valence-electron chi connectivity index (χ4n) is 2.44. The molecule has 1 fully saturated rings. The highest BCUT2D eigenvalue weighted by atomic mass is 35.5. The number of carbonyl (C=O) groups is 2. The first-order valence-corrected chi connectivity index (χ1v) is 8.56. The van der Waals surface area contributed by atoms with Gasteiger partial charge in [0.15, 0.2) is 0 Å². The molecule has 0 saturated carbocycles. The second-order valence-corrected chi connectivity index (χ2v) is 6.82. The van der Waals surface area contributed by atoms with Crippen molar-refractivity contribution in [1.82, 2.24) is 10.2 Å². The van der Waals surface area contributed by atoms with E-state index in [9.17, 15) is 14.0 Å². The Morgan fingerprint density at radius 3 is 2.96 bits per heavy atom. The van der Waals surface area contributed by atoms with Crippen LogP contribution in [0.1, 0.15) is 18.4 Å². The molecule has 0 unspecified atom stereocenters. The van der Waals surface area contributed by atoms with Crippen LogP contribution in [0.25, 0.3) is 0 Å². The number of aryl methyl sites for hydroxylation is 1. The average molecular weight is 369 g/mol. The van der Waals surface area contributed by atoms with Gasteiger partial charge in [-0.1, -0.05) is 29.9 Å². The molecule has 2 amide bonds. The minimum atomic E-state index is -0.552. The molecule has 2 aromatic rings. The Morgan fingerprint density at radius 2 is 2.29 bits per heavy atom. The van der Waals surface area contributed by atoms with E-state index in [-0.39, 0.29) is 29.8 Å². The van der Waals surface area contributed by atoms with Gasteiger partial charge in [-0.25, -0.2) is 4.39 Å². The van der Waals surface area contributed by atoms with E-state index in [1.165, 1.54) is 34.4 Å². The van der Waals surface area contributed by atoms with Crippen molar-refractivity contribution in [3.8, 4) is 0 Å². The highest BCUT2D eigenvalue weighted by molar-refractivity contribution is 7.15. The molecular formula is C15H14ClFN4O2S. The number of aromatic nitrogens is 2. The van der Waals surface area contributed by atoms with Crippen molar-refractivity contribution in [3.05, 3.63) is 34.0 Å². The summed E-state index contributed by atoms with van der Waals surface area (Å²) in [7, 11) is 0. The highest BCUT2D eigenvalue weighted by Gasteiger charge is 2.35. The van der Waals surface area contributed by atoms with Crippen LogP contribution >= 0.6 is 22.9 Å². The summed E-state index contributed by atoms with van der Waals surface area (Å²) in [5, 5.41) is 11.7. The molecule has 1 aliphatic rings. The van der Waals surface area contributed by atoms with Crippen molar-refractivity contribution >= 4 is 45.6 Å². The Kier molecular flexibility index (Phi) is 4.77. The molecular weight excluding hydrogens is 355 g/mol. The Morgan fingerprint density at radius 1 is 1.50 bits per heavy atom. The quantitative estimate of drug-likeness (QED) is 0.900. The number of nitrogens with zero attached hydrogens (tertiary/aromatic N) is 3. The molecule has 3 rings (SSSR count). The molecule has 1 aromatic carbocycles.